The van der Waals surface area contributed by atoms with Crippen LogP contribution < -0.4 is 19.1 Å². The third-order valence-electron chi connectivity index (χ3n) is 13.9. The van der Waals surface area contributed by atoms with E-state index < -0.39 is 51.9 Å². The van der Waals surface area contributed by atoms with E-state index in [0.717, 1.165) is 22.3 Å². The Labute approximate surface area is 449 Å². The number of non-ortho nitro benzene ring substituents is 1. The van der Waals surface area contributed by atoms with Gasteiger partial charge in [0, 0.05) is 44.7 Å². The van der Waals surface area contributed by atoms with Gasteiger partial charge in [-0.15, -0.1) is 0 Å². The van der Waals surface area contributed by atoms with Crippen LogP contribution in [0.25, 0.3) is 11.2 Å². The van der Waals surface area contributed by atoms with E-state index in [9.17, 15) is 15.4 Å². The summed E-state index contributed by atoms with van der Waals surface area (Å²) in [6.45, 7) is 19.7. The van der Waals surface area contributed by atoms with Crippen LogP contribution in [-0.4, -0.2) is 116 Å². The molecule has 4 aromatic carbocycles. The van der Waals surface area contributed by atoms with Crippen LogP contribution in [-0.2, 0) is 35.0 Å². The fourth-order valence-corrected chi connectivity index (χ4v) is 12.0. The van der Waals surface area contributed by atoms with Crippen LogP contribution in [0.2, 0.25) is 18.1 Å². The standard InChI is InChI=1S/C56H73N8O10PSi/c1-38(2)63(39(3)4)75(71-34-17-33-57)73-49-47(36-70-56(41-18-15-14-16-19-41,42-22-28-45(67-10)29-23-42)43-24-30-46(68-11)31-25-43)72-53(50(49)74-76(12,13)55(5,6)7)62-37-58-48-51(62)59-54(61(8)9)60-52(48)69-35-32-40-20-26-44(27-21-40)64(65)66/h14-16,18-31,37-39,47,49-50,53H,17,32,34-36H2,1-13H3/t47-,49+,50?,53-,75?/m1/s1. The van der Waals surface area contributed by atoms with Crippen molar-refractivity contribution in [2.24, 2.45) is 0 Å². The molecule has 18 nitrogen and oxygen atoms in total. The van der Waals surface area contributed by atoms with Crippen molar-refractivity contribution in [2.45, 2.75) is 122 Å². The molecular formula is C56H73N8O10PSi. The molecule has 0 radical (unpaired) electrons. The molecule has 0 bridgehead atoms. The summed E-state index contributed by atoms with van der Waals surface area (Å²) in [5.41, 5.74) is 3.05. The number of methoxy groups -OCH3 is 2. The lowest BCUT2D eigenvalue weighted by atomic mass is 9.80. The smallest absolute Gasteiger partial charge is 0.269 e. The summed E-state index contributed by atoms with van der Waals surface area (Å²) in [7, 11) is 2.44. The minimum Gasteiger partial charge on any atom is -0.497 e. The SMILES string of the molecule is COc1ccc(C(OC[C@H]2O[C@@H](n3cnc4c(OCCc5ccc([N+](=O)[O-])cc5)nc(N(C)C)nc43)C(O[Si](C)(C)C(C)(C)C)[C@H]2OP(OCCC#N)N(C(C)C)C(C)C)(c2ccccc2)c2ccc(OC)cc2)cc1. The molecule has 1 aliphatic rings. The lowest BCUT2D eigenvalue weighted by molar-refractivity contribution is -0.384. The maximum Gasteiger partial charge on any atom is 0.269 e. The van der Waals surface area contributed by atoms with Crippen LogP contribution in [0.4, 0.5) is 11.6 Å². The molecule has 1 fully saturated rings. The fraction of sp³-hybridized carbons (Fsp3) is 0.464. The van der Waals surface area contributed by atoms with Gasteiger partial charge >= 0.3 is 0 Å². The van der Waals surface area contributed by atoms with Crippen molar-refractivity contribution in [3.8, 4) is 23.4 Å². The Hall–Kier alpha value is -6.07. The molecule has 2 aromatic heterocycles. The van der Waals surface area contributed by atoms with Crippen molar-refractivity contribution < 1.29 is 42.1 Å². The third kappa shape index (κ3) is 12.8. The number of benzene rings is 4. The summed E-state index contributed by atoms with van der Waals surface area (Å²) in [6, 6.07) is 34.5. The monoisotopic (exact) mass is 1080 g/mol. The van der Waals surface area contributed by atoms with Crippen molar-refractivity contribution in [1.82, 2.24) is 24.2 Å². The molecule has 0 spiro atoms. The second kappa shape index (κ2) is 24.9. The predicted molar refractivity (Wildman–Crippen MR) is 296 cm³/mol. The first-order chi connectivity index (χ1) is 36.2. The Balaban J connectivity index is 1.40. The van der Waals surface area contributed by atoms with Gasteiger partial charge in [-0.25, -0.2) is 9.65 Å². The Morgan fingerprint density at radius 2 is 1.43 bits per heavy atom. The van der Waals surface area contributed by atoms with E-state index >= 15 is 0 Å². The number of nitriles is 1. The zero-order valence-corrected chi connectivity index (χ0v) is 47.9. The molecule has 0 saturated carbocycles. The minimum atomic E-state index is -2.70. The minimum absolute atomic E-state index is 0.00535. The van der Waals surface area contributed by atoms with Gasteiger partial charge in [0.15, 0.2) is 25.7 Å². The van der Waals surface area contributed by atoms with E-state index in [1.165, 1.54) is 12.1 Å². The molecule has 0 aliphatic carbocycles. The maximum absolute atomic E-state index is 11.3. The van der Waals surface area contributed by atoms with Crippen molar-refractivity contribution >= 4 is 39.6 Å². The Morgan fingerprint density at radius 1 is 0.842 bits per heavy atom. The molecule has 3 heterocycles. The Kier molecular flexibility index (Phi) is 18.9. The molecule has 2 unspecified atom stereocenters. The van der Waals surface area contributed by atoms with E-state index in [2.05, 4.69) is 84.4 Å². The lowest BCUT2D eigenvalue weighted by Crippen LogP contribution is -2.50. The summed E-state index contributed by atoms with van der Waals surface area (Å²) < 4.78 is 58.6. The molecule has 1 saturated heterocycles. The first-order valence-corrected chi connectivity index (χ1v) is 29.6. The van der Waals surface area contributed by atoms with Crippen molar-refractivity contribution in [3.63, 3.8) is 0 Å². The van der Waals surface area contributed by atoms with Gasteiger partial charge in [0.1, 0.15) is 35.4 Å². The number of rotatable bonds is 25. The molecule has 0 amide bonds. The summed E-state index contributed by atoms with van der Waals surface area (Å²) in [5, 5.41) is 20.8. The van der Waals surface area contributed by atoms with E-state index in [1.54, 1.807) is 37.6 Å². The van der Waals surface area contributed by atoms with Gasteiger partial charge in [0.05, 0.1) is 57.8 Å². The topological polar surface area (TPSA) is 191 Å². The second-order valence-electron chi connectivity index (χ2n) is 20.9. The van der Waals surface area contributed by atoms with Gasteiger partial charge in [0.25, 0.3) is 14.2 Å². The zero-order chi connectivity index (χ0) is 55.0. The zero-order valence-electron chi connectivity index (χ0n) is 46.0. The first-order valence-electron chi connectivity index (χ1n) is 25.6. The maximum atomic E-state index is 11.3. The molecule has 7 rings (SSSR count). The molecule has 0 N–H and O–H groups in total. The first kappa shape index (κ1) is 57.6. The van der Waals surface area contributed by atoms with Crippen LogP contribution >= 0.6 is 8.53 Å². The van der Waals surface area contributed by atoms with Gasteiger partial charge in [-0.1, -0.05) is 87.5 Å². The Bertz CT molecular complexity index is 2820. The molecule has 6 aromatic rings. The lowest BCUT2D eigenvalue weighted by Gasteiger charge is -2.42. The van der Waals surface area contributed by atoms with Crippen molar-refractivity contribution in [2.75, 3.05) is 53.0 Å². The number of imidazole rings is 1. The van der Waals surface area contributed by atoms with Crippen molar-refractivity contribution in [1.29, 1.82) is 5.26 Å². The summed E-state index contributed by atoms with van der Waals surface area (Å²) in [6.07, 6.45) is -1.05. The van der Waals surface area contributed by atoms with E-state index in [4.69, 9.17) is 52.1 Å². The number of nitro groups is 1. The Morgan fingerprint density at radius 3 is 1.96 bits per heavy atom. The number of anilines is 1. The quantitative estimate of drug-likeness (QED) is 0.0131. The number of hydrogen-bond donors (Lipinski definition) is 0. The normalized spacial score (nSPS) is 17.6. The van der Waals surface area contributed by atoms with Crippen LogP contribution in [0.1, 0.15) is 83.4 Å². The van der Waals surface area contributed by atoms with Gasteiger partial charge in [-0.05, 0) is 92.3 Å². The average molecular weight is 1080 g/mol. The predicted octanol–water partition coefficient (Wildman–Crippen LogP) is 11.4. The van der Waals surface area contributed by atoms with E-state index in [-0.39, 0.29) is 54.9 Å². The number of fused-ring (bicyclic) bond motifs is 1. The summed E-state index contributed by atoms with van der Waals surface area (Å²) >= 11 is 0. The van der Waals surface area contributed by atoms with Gasteiger partial charge in [0.2, 0.25) is 11.8 Å². The third-order valence-corrected chi connectivity index (χ3v) is 20.5. The molecule has 1 aliphatic heterocycles. The van der Waals surface area contributed by atoms with Gasteiger partial charge in [-0.3, -0.25) is 14.7 Å². The van der Waals surface area contributed by atoms with Crippen LogP contribution in [0, 0.1) is 21.4 Å². The fourth-order valence-electron chi connectivity index (χ4n) is 8.93. The summed E-state index contributed by atoms with van der Waals surface area (Å²) in [4.78, 5) is 27.5. The highest BCUT2D eigenvalue weighted by Crippen LogP contribution is 2.53. The second-order valence-corrected chi connectivity index (χ2v) is 27.1. The number of aromatic nitrogens is 4. The molecular weight excluding hydrogens is 1000 g/mol. The van der Waals surface area contributed by atoms with Crippen LogP contribution in [0.15, 0.2) is 109 Å². The van der Waals surface area contributed by atoms with Crippen LogP contribution in [0.3, 0.4) is 0 Å². The van der Waals surface area contributed by atoms with Crippen molar-refractivity contribution in [3.05, 3.63) is 142 Å². The average Bonchev–Trinajstić information content (AvgIpc) is 3.97. The number of nitro benzene ring substituents is 1. The summed E-state index contributed by atoms with van der Waals surface area (Å²) in [5.74, 6) is 2.01. The highest BCUT2D eigenvalue weighted by atomic mass is 31.2. The highest BCUT2D eigenvalue weighted by Gasteiger charge is 2.55. The number of hydrogen-bond acceptors (Lipinski definition) is 16. The molecule has 20 heteroatoms. The largest absolute Gasteiger partial charge is 0.497 e. The van der Waals surface area contributed by atoms with E-state index in [0.29, 0.717) is 35.0 Å². The molecule has 5 atom stereocenters. The van der Waals surface area contributed by atoms with Gasteiger partial charge in [-0.2, -0.15) is 15.2 Å². The molecule has 406 valence electrons. The van der Waals surface area contributed by atoms with E-state index in [1.807, 2.05) is 85.4 Å². The van der Waals surface area contributed by atoms with Gasteiger partial charge < -0.3 is 42.1 Å². The molecule has 76 heavy (non-hydrogen) atoms. The number of ether oxygens (including phenoxy) is 5. The van der Waals surface area contributed by atoms with Crippen LogP contribution in [0.5, 0.6) is 17.4 Å². The highest BCUT2D eigenvalue weighted by molar-refractivity contribution is 7.44. The number of nitrogens with zero attached hydrogens (tertiary/aromatic N) is 8.